The zero-order chi connectivity index (χ0) is 16.8. The molecule has 7 heteroatoms. The number of hydrogen-bond donors (Lipinski definition) is 1. The zero-order valence-electron chi connectivity index (χ0n) is 13.2. The van der Waals surface area contributed by atoms with Crippen LogP contribution in [0.15, 0.2) is 34.9 Å². The minimum atomic E-state index is -0.371. The van der Waals surface area contributed by atoms with E-state index >= 15 is 0 Å². The first kappa shape index (κ1) is 17.1. The highest BCUT2D eigenvalue weighted by atomic mass is 32.2. The molecular weight excluding hydrogens is 316 g/mol. The van der Waals surface area contributed by atoms with Crippen LogP contribution in [0.3, 0.4) is 0 Å². The Morgan fingerprint density at radius 1 is 1.39 bits per heavy atom. The topological polar surface area (TPSA) is 81.4 Å². The van der Waals surface area contributed by atoms with E-state index in [4.69, 9.17) is 9.26 Å². The zero-order valence-corrected chi connectivity index (χ0v) is 14.0. The van der Waals surface area contributed by atoms with Crippen molar-refractivity contribution < 1.29 is 18.8 Å². The predicted octanol–water partition coefficient (Wildman–Crippen LogP) is 3.03. The second-order valence-electron chi connectivity index (χ2n) is 4.96. The number of hydrogen-bond acceptors (Lipinski definition) is 6. The van der Waals surface area contributed by atoms with E-state index in [1.807, 2.05) is 13.0 Å². The van der Waals surface area contributed by atoms with E-state index in [2.05, 4.69) is 10.5 Å². The fourth-order valence-electron chi connectivity index (χ4n) is 1.86. The molecule has 0 aliphatic carbocycles. The van der Waals surface area contributed by atoms with Gasteiger partial charge >= 0.3 is 5.97 Å². The van der Waals surface area contributed by atoms with E-state index in [1.54, 1.807) is 31.2 Å². The van der Waals surface area contributed by atoms with Crippen molar-refractivity contribution in [2.24, 2.45) is 0 Å². The van der Waals surface area contributed by atoms with E-state index in [0.717, 1.165) is 5.56 Å². The number of aromatic nitrogens is 1. The standard InChI is InChI=1S/C16H18N2O4S/c1-10-7-14(18-22-10)17-15(19)11(2)23-9-12-5-4-6-13(8-12)16(20)21-3/h4-8,11H,9H2,1-3H3,(H,17,18,19). The van der Waals surface area contributed by atoms with E-state index in [1.165, 1.54) is 18.9 Å². The average Bonchev–Trinajstić information content (AvgIpc) is 2.96. The molecule has 1 unspecified atom stereocenters. The molecule has 0 aliphatic rings. The number of methoxy groups -OCH3 is 1. The molecule has 6 nitrogen and oxygen atoms in total. The smallest absolute Gasteiger partial charge is 0.337 e. The summed E-state index contributed by atoms with van der Waals surface area (Å²) in [5.74, 6) is 1.14. The van der Waals surface area contributed by atoms with Gasteiger partial charge in [0.1, 0.15) is 5.76 Å². The number of anilines is 1. The first-order valence-electron chi connectivity index (χ1n) is 7.02. The number of ether oxygens (including phenoxy) is 1. The summed E-state index contributed by atoms with van der Waals surface area (Å²) in [4.78, 5) is 23.6. The van der Waals surface area contributed by atoms with Crippen LogP contribution < -0.4 is 5.32 Å². The molecule has 1 aromatic carbocycles. The summed E-state index contributed by atoms with van der Waals surface area (Å²) in [5.41, 5.74) is 1.45. The monoisotopic (exact) mass is 334 g/mol. The van der Waals surface area contributed by atoms with Gasteiger partial charge in [-0.3, -0.25) is 4.79 Å². The number of amides is 1. The lowest BCUT2D eigenvalue weighted by Gasteiger charge is -2.10. The molecule has 0 radical (unpaired) electrons. The summed E-state index contributed by atoms with van der Waals surface area (Å²) in [7, 11) is 1.35. The van der Waals surface area contributed by atoms with Gasteiger partial charge in [-0.1, -0.05) is 17.3 Å². The Morgan fingerprint density at radius 2 is 2.17 bits per heavy atom. The predicted molar refractivity (Wildman–Crippen MR) is 88.4 cm³/mol. The Hall–Kier alpha value is -2.28. The van der Waals surface area contributed by atoms with Crippen molar-refractivity contribution in [2.45, 2.75) is 24.9 Å². The van der Waals surface area contributed by atoms with Gasteiger partial charge < -0.3 is 14.6 Å². The number of aryl methyl sites for hydroxylation is 1. The highest BCUT2D eigenvalue weighted by molar-refractivity contribution is 7.99. The number of esters is 1. The highest BCUT2D eigenvalue weighted by Gasteiger charge is 2.15. The first-order chi connectivity index (χ1) is 11.0. The van der Waals surface area contributed by atoms with E-state index in [9.17, 15) is 9.59 Å². The maximum absolute atomic E-state index is 12.1. The van der Waals surface area contributed by atoms with Gasteiger partial charge in [0.2, 0.25) is 5.91 Å². The normalized spacial score (nSPS) is 11.8. The van der Waals surface area contributed by atoms with Gasteiger partial charge in [0.05, 0.1) is 17.9 Å². The van der Waals surface area contributed by atoms with Crippen molar-refractivity contribution in [1.29, 1.82) is 0 Å². The van der Waals surface area contributed by atoms with Crippen LogP contribution in [-0.2, 0) is 15.3 Å². The Morgan fingerprint density at radius 3 is 2.83 bits per heavy atom. The molecular formula is C16H18N2O4S. The number of carbonyl (C=O) groups is 2. The minimum absolute atomic E-state index is 0.146. The molecule has 1 aromatic heterocycles. The van der Waals surface area contributed by atoms with Gasteiger partial charge in [-0.05, 0) is 31.5 Å². The quantitative estimate of drug-likeness (QED) is 0.818. The maximum Gasteiger partial charge on any atom is 0.337 e. The van der Waals surface area contributed by atoms with Gasteiger partial charge in [-0.2, -0.15) is 0 Å². The first-order valence-corrected chi connectivity index (χ1v) is 8.07. The lowest BCUT2D eigenvalue weighted by atomic mass is 10.1. The molecule has 0 bridgehead atoms. The van der Waals surface area contributed by atoms with Crippen LogP contribution in [0.25, 0.3) is 0 Å². The van der Waals surface area contributed by atoms with Crippen molar-refractivity contribution in [3.63, 3.8) is 0 Å². The van der Waals surface area contributed by atoms with Crippen LogP contribution in [0.2, 0.25) is 0 Å². The summed E-state index contributed by atoms with van der Waals surface area (Å²) in [6.07, 6.45) is 0. The average molecular weight is 334 g/mol. The summed E-state index contributed by atoms with van der Waals surface area (Å²) in [6, 6.07) is 8.83. The van der Waals surface area contributed by atoms with Crippen molar-refractivity contribution >= 4 is 29.5 Å². The summed E-state index contributed by atoms with van der Waals surface area (Å²) in [5, 5.41) is 6.16. The summed E-state index contributed by atoms with van der Waals surface area (Å²) >= 11 is 1.47. The van der Waals surface area contributed by atoms with Crippen molar-refractivity contribution in [3.05, 3.63) is 47.2 Å². The third-order valence-corrected chi connectivity index (χ3v) is 4.31. The number of nitrogens with one attached hydrogen (secondary N) is 1. The number of nitrogens with zero attached hydrogens (tertiary/aromatic N) is 1. The van der Waals surface area contributed by atoms with Crippen LogP contribution >= 0.6 is 11.8 Å². The third-order valence-electron chi connectivity index (χ3n) is 3.10. The molecule has 0 saturated heterocycles. The minimum Gasteiger partial charge on any atom is -0.465 e. The second kappa shape index (κ2) is 7.82. The van der Waals surface area contributed by atoms with E-state index < -0.39 is 0 Å². The molecule has 23 heavy (non-hydrogen) atoms. The third kappa shape index (κ3) is 4.85. The molecule has 1 atom stereocenters. The lowest BCUT2D eigenvalue weighted by Crippen LogP contribution is -2.22. The van der Waals surface area contributed by atoms with Crippen LogP contribution in [0.4, 0.5) is 5.82 Å². The van der Waals surface area contributed by atoms with Crippen molar-refractivity contribution in [2.75, 3.05) is 12.4 Å². The number of thioether (sulfide) groups is 1. The Kier molecular flexibility index (Phi) is 5.81. The molecule has 2 aromatic rings. The Labute approximate surface area is 138 Å². The van der Waals surface area contributed by atoms with Gasteiger partial charge in [-0.15, -0.1) is 11.8 Å². The number of rotatable bonds is 6. The number of carbonyl (C=O) groups excluding carboxylic acids is 2. The van der Waals surface area contributed by atoms with Crippen molar-refractivity contribution in [1.82, 2.24) is 5.16 Å². The second-order valence-corrected chi connectivity index (χ2v) is 6.29. The maximum atomic E-state index is 12.1. The molecule has 1 heterocycles. The molecule has 0 spiro atoms. The molecule has 0 aliphatic heterocycles. The molecule has 1 N–H and O–H groups in total. The fourth-order valence-corrected chi connectivity index (χ4v) is 2.69. The largest absolute Gasteiger partial charge is 0.465 e. The van der Waals surface area contributed by atoms with Gasteiger partial charge in [0, 0.05) is 11.8 Å². The molecule has 1 amide bonds. The lowest BCUT2D eigenvalue weighted by molar-refractivity contribution is -0.115. The summed E-state index contributed by atoms with van der Waals surface area (Å²) in [6.45, 7) is 3.58. The highest BCUT2D eigenvalue weighted by Crippen LogP contribution is 2.20. The van der Waals surface area contributed by atoms with Gasteiger partial charge in [0.25, 0.3) is 0 Å². The Bertz CT molecular complexity index is 699. The van der Waals surface area contributed by atoms with Crippen LogP contribution in [-0.4, -0.2) is 29.4 Å². The van der Waals surface area contributed by atoms with Crippen LogP contribution in [0.1, 0.15) is 28.6 Å². The molecule has 0 saturated carbocycles. The van der Waals surface area contributed by atoms with Gasteiger partial charge in [-0.25, -0.2) is 4.79 Å². The van der Waals surface area contributed by atoms with E-state index in [0.29, 0.717) is 22.9 Å². The van der Waals surface area contributed by atoms with Crippen LogP contribution in [0, 0.1) is 6.92 Å². The SMILES string of the molecule is COC(=O)c1cccc(CSC(C)C(=O)Nc2cc(C)on2)c1. The van der Waals surface area contributed by atoms with Crippen molar-refractivity contribution in [3.8, 4) is 0 Å². The van der Waals surface area contributed by atoms with Crippen LogP contribution in [0.5, 0.6) is 0 Å². The fraction of sp³-hybridized carbons (Fsp3) is 0.312. The Balaban J connectivity index is 1.89. The molecule has 122 valence electrons. The summed E-state index contributed by atoms with van der Waals surface area (Å²) < 4.78 is 9.60. The number of benzene rings is 1. The molecule has 0 fully saturated rings. The van der Waals surface area contributed by atoms with Gasteiger partial charge in [0.15, 0.2) is 5.82 Å². The molecule has 2 rings (SSSR count). The van der Waals surface area contributed by atoms with E-state index in [-0.39, 0.29) is 17.1 Å².